The van der Waals surface area contributed by atoms with Crippen molar-refractivity contribution in [2.75, 3.05) is 6.73 Å². The third-order valence-electron chi connectivity index (χ3n) is 2.81. The predicted octanol–water partition coefficient (Wildman–Crippen LogP) is 0.849. The summed E-state index contributed by atoms with van der Waals surface area (Å²) in [5.74, 6) is -0.820. The minimum Gasteiger partial charge on any atom is -0.376 e. The molecule has 4 heteroatoms. The van der Waals surface area contributed by atoms with Crippen LogP contribution in [0.15, 0.2) is 12.1 Å². The highest BCUT2D eigenvalue weighted by atomic mass is 16.3. The Kier molecular flexibility index (Phi) is 2.08. The van der Waals surface area contributed by atoms with Crippen molar-refractivity contribution in [1.29, 1.82) is 0 Å². The summed E-state index contributed by atoms with van der Waals surface area (Å²) < 4.78 is 0. The zero-order valence-electron chi connectivity index (χ0n) is 8.57. The van der Waals surface area contributed by atoms with Gasteiger partial charge in [-0.2, -0.15) is 0 Å². The molecule has 0 aromatic heterocycles. The first-order valence-corrected chi connectivity index (χ1v) is 4.65. The maximum atomic E-state index is 11.8. The molecule has 0 atom stereocenters. The lowest BCUT2D eigenvalue weighted by Gasteiger charge is -2.08. The molecule has 0 radical (unpaired) electrons. The van der Waals surface area contributed by atoms with Crippen molar-refractivity contribution >= 4 is 11.8 Å². The van der Waals surface area contributed by atoms with E-state index in [2.05, 4.69) is 0 Å². The largest absolute Gasteiger partial charge is 0.376 e. The second-order valence-electron chi connectivity index (χ2n) is 3.61. The summed E-state index contributed by atoms with van der Waals surface area (Å²) in [6, 6.07) is 3.44. The summed E-state index contributed by atoms with van der Waals surface area (Å²) in [5.41, 5.74) is 2.59. The zero-order chi connectivity index (χ0) is 11.2. The van der Waals surface area contributed by atoms with Crippen LogP contribution in [0.25, 0.3) is 0 Å². The Morgan fingerprint density at radius 2 is 1.87 bits per heavy atom. The molecule has 0 aliphatic carbocycles. The summed E-state index contributed by atoms with van der Waals surface area (Å²) in [6.07, 6.45) is 0. The van der Waals surface area contributed by atoms with Crippen molar-refractivity contribution in [2.45, 2.75) is 13.8 Å². The smallest absolute Gasteiger partial charge is 0.263 e. The van der Waals surface area contributed by atoms with Crippen LogP contribution in [0.4, 0.5) is 0 Å². The molecular weight excluding hydrogens is 194 g/mol. The Hall–Kier alpha value is -1.68. The van der Waals surface area contributed by atoms with E-state index in [1.807, 2.05) is 6.92 Å². The van der Waals surface area contributed by atoms with Crippen molar-refractivity contribution in [3.8, 4) is 0 Å². The summed E-state index contributed by atoms with van der Waals surface area (Å²) >= 11 is 0. The first-order chi connectivity index (χ1) is 7.07. The second-order valence-corrected chi connectivity index (χ2v) is 3.61. The molecule has 1 aromatic carbocycles. The van der Waals surface area contributed by atoms with Crippen LogP contribution in [0.1, 0.15) is 31.8 Å². The van der Waals surface area contributed by atoms with Crippen LogP contribution < -0.4 is 0 Å². The van der Waals surface area contributed by atoms with Gasteiger partial charge >= 0.3 is 0 Å². The molecule has 0 spiro atoms. The molecule has 1 aromatic rings. The molecule has 0 saturated heterocycles. The van der Waals surface area contributed by atoms with E-state index in [0.717, 1.165) is 16.0 Å². The number of carbonyl (C=O) groups excluding carboxylic acids is 2. The number of amides is 2. The van der Waals surface area contributed by atoms with Crippen LogP contribution in [0.5, 0.6) is 0 Å². The molecule has 78 valence electrons. The van der Waals surface area contributed by atoms with Gasteiger partial charge in [0.15, 0.2) is 0 Å². The summed E-state index contributed by atoms with van der Waals surface area (Å²) in [5, 5.41) is 8.92. The van der Waals surface area contributed by atoms with Gasteiger partial charge in [-0.1, -0.05) is 6.07 Å². The zero-order valence-corrected chi connectivity index (χ0v) is 8.57. The van der Waals surface area contributed by atoms with Gasteiger partial charge < -0.3 is 5.11 Å². The molecular formula is C11H11NO3. The molecule has 1 aliphatic rings. The molecule has 0 unspecified atom stereocenters. The Balaban J connectivity index is 2.68. The van der Waals surface area contributed by atoms with Gasteiger partial charge in [-0.25, -0.2) is 0 Å². The Morgan fingerprint density at radius 1 is 1.20 bits per heavy atom. The number of benzene rings is 1. The van der Waals surface area contributed by atoms with E-state index in [9.17, 15) is 9.59 Å². The van der Waals surface area contributed by atoms with Crippen molar-refractivity contribution in [2.24, 2.45) is 0 Å². The normalized spacial score (nSPS) is 14.7. The maximum absolute atomic E-state index is 11.8. The summed E-state index contributed by atoms with van der Waals surface area (Å²) in [7, 11) is 0. The molecule has 15 heavy (non-hydrogen) atoms. The fraction of sp³-hybridized carbons (Fsp3) is 0.273. The SMILES string of the molecule is Cc1ccc2c(c1C)C(=O)N(CO)C2=O. The van der Waals surface area contributed by atoms with E-state index in [4.69, 9.17) is 5.11 Å². The number of hydrogen-bond acceptors (Lipinski definition) is 3. The third-order valence-corrected chi connectivity index (χ3v) is 2.81. The third kappa shape index (κ3) is 1.18. The first-order valence-electron chi connectivity index (χ1n) is 4.65. The van der Waals surface area contributed by atoms with Gasteiger partial charge in [-0.05, 0) is 31.0 Å². The maximum Gasteiger partial charge on any atom is 0.263 e. The lowest BCUT2D eigenvalue weighted by atomic mass is 9.99. The van der Waals surface area contributed by atoms with Crippen LogP contribution in [0, 0.1) is 13.8 Å². The average Bonchev–Trinajstić information content (AvgIpc) is 2.45. The molecule has 1 N–H and O–H groups in total. The Morgan fingerprint density at radius 3 is 2.47 bits per heavy atom. The van der Waals surface area contributed by atoms with Crippen LogP contribution in [0.3, 0.4) is 0 Å². The van der Waals surface area contributed by atoms with Crippen molar-refractivity contribution in [3.05, 3.63) is 34.4 Å². The number of rotatable bonds is 1. The predicted molar refractivity (Wildman–Crippen MR) is 53.5 cm³/mol. The van der Waals surface area contributed by atoms with Crippen LogP contribution in [-0.4, -0.2) is 28.6 Å². The molecule has 0 saturated carbocycles. The lowest BCUT2D eigenvalue weighted by Crippen LogP contribution is -2.30. The van der Waals surface area contributed by atoms with Gasteiger partial charge in [0, 0.05) is 0 Å². The number of hydrogen-bond donors (Lipinski definition) is 1. The van der Waals surface area contributed by atoms with Gasteiger partial charge in [-0.3, -0.25) is 14.5 Å². The number of aliphatic hydroxyl groups is 1. The first kappa shape index (κ1) is 9.86. The molecule has 4 nitrogen and oxygen atoms in total. The highest BCUT2D eigenvalue weighted by molar-refractivity contribution is 6.22. The highest BCUT2D eigenvalue weighted by Crippen LogP contribution is 2.27. The molecule has 0 fully saturated rings. The number of carbonyl (C=O) groups is 2. The summed E-state index contributed by atoms with van der Waals surface area (Å²) in [6.45, 7) is 3.13. The van der Waals surface area contributed by atoms with Gasteiger partial charge in [0.05, 0.1) is 11.1 Å². The Labute approximate surface area is 87.1 Å². The average molecular weight is 205 g/mol. The van der Waals surface area contributed by atoms with Gasteiger partial charge in [0.1, 0.15) is 6.73 Å². The minimum absolute atomic E-state index is 0.386. The molecule has 1 aliphatic heterocycles. The van der Waals surface area contributed by atoms with E-state index >= 15 is 0 Å². The van der Waals surface area contributed by atoms with E-state index in [1.165, 1.54) is 0 Å². The highest BCUT2D eigenvalue weighted by Gasteiger charge is 2.36. The van der Waals surface area contributed by atoms with Crippen LogP contribution in [0.2, 0.25) is 0 Å². The van der Waals surface area contributed by atoms with Crippen LogP contribution in [-0.2, 0) is 0 Å². The van der Waals surface area contributed by atoms with E-state index in [-0.39, 0.29) is 0 Å². The number of nitrogens with zero attached hydrogens (tertiary/aromatic N) is 1. The molecule has 2 amide bonds. The van der Waals surface area contributed by atoms with Crippen LogP contribution >= 0.6 is 0 Å². The van der Waals surface area contributed by atoms with Gasteiger partial charge in [0.25, 0.3) is 11.8 Å². The van der Waals surface area contributed by atoms with E-state index in [1.54, 1.807) is 19.1 Å². The molecule has 1 heterocycles. The number of aliphatic hydroxyl groups excluding tert-OH is 1. The minimum atomic E-state index is -0.565. The number of fused-ring (bicyclic) bond motifs is 1. The standard InChI is InChI=1S/C11H11NO3/c1-6-3-4-8-9(7(6)2)11(15)12(5-13)10(8)14/h3-4,13H,5H2,1-2H3. The van der Waals surface area contributed by atoms with Gasteiger partial charge in [-0.15, -0.1) is 0 Å². The second kappa shape index (κ2) is 3.17. The van der Waals surface area contributed by atoms with Crippen molar-refractivity contribution < 1.29 is 14.7 Å². The van der Waals surface area contributed by atoms with Crippen molar-refractivity contribution in [3.63, 3.8) is 0 Å². The summed E-state index contributed by atoms with van der Waals surface area (Å²) in [4.78, 5) is 24.2. The monoisotopic (exact) mass is 205 g/mol. The number of imide groups is 1. The van der Waals surface area contributed by atoms with E-state index in [0.29, 0.717) is 11.1 Å². The quantitative estimate of drug-likeness (QED) is 0.691. The lowest BCUT2D eigenvalue weighted by molar-refractivity contribution is 0.0489. The number of aryl methyl sites for hydroxylation is 1. The fourth-order valence-corrected chi connectivity index (χ4v) is 1.77. The van der Waals surface area contributed by atoms with Crippen molar-refractivity contribution in [1.82, 2.24) is 4.90 Å². The fourth-order valence-electron chi connectivity index (χ4n) is 1.77. The Bertz CT molecular complexity index is 465. The topological polar surface area (TPSA) is 57.6 Å². The molecule has 0 bridgehead atoms. The van der Waals surface area contributed by atoms with Gasteiger partial charge in [0.2, 0.25) is 0 Å². The molecule has 2 rings (SSSR count). The van der Waals surface area contributed by atoms with E-state index < -0.39 is 18.5 Å².